The van der Waals surface area contributed by atoms with Gasteiger partial charge in [0.05, 0.1) is 18.6 Å². The van der Waals surface area contributed by atoms with Gasteiger partial charge in [-0.1, -0.05) is 68.9 Å². The van der Waals surface area contributed by atoms with Crippen molar-refractivity contribution < 1.29 is 27.4 Å². The second kappa shape index (κ2) is 13.3. The third kappa shape index (κ3) is 6.98. The van der Waals surface area contributed by atoms with Gasteiger partial charge in [-0.15, -0.1) is 0 Å². The lowest BCUT2D eigenvalue weighted by molar-refractivity contribution is -0.127. The number of fused-ring (bicyclic) bond motifs is 2. The molecule has 0 fully saturated rings. The van der Waals surface area contributed by atoms with Crippen LogP contribution in [-0.4, -0.2) is 43.6 Å². The molecule has 0 bridgehead atoms. The van der Waals surface area contributed by atoms with E-state index in [1.54, 1.807) is 36.4 Å². The quantitative estimate of drug-likeness (QED) is 0.125. The van der Waals surface area contributed by atoms with Crippen molar-refractivity contribution in [3.05, 3.63) is 94.5 Å². The van der Waals surface area contributed by atoms with Crippen molar-refractivity contribution in [2.24, 2.45) is 10.7 Å². The van der Waals surface area contributed by atoms with E-state index < -0.39 is 18.6 Å². The highest BCUT2D eigenvalue weighted by Crippen LogP contribution is 2.47. The molecule has 0 saturated heterocycles. The lowest BCUT2D eigenvalue weighted by Crippen LogP contribution is -2.17. The minimum Gasteiger partial charge on any atom is -0.460 e. The van der Waals surface area contributed by atoms with E-state index in [2.05, 4.69) is 31.8 Å². The third-order valence-corrected chi connectivity index (χ3v) is 9.28. The minimum atomic E-state index is -4.44. The number of hydrogen-bond donors (Lipinski definition) is 2. The van der Waals surface area contributed by atoms with Crippen molar-refractivity contribution in [1.82, 2.24) is 0 Å². The zero-order valence-corrected chi connectivity index (χ0v) is 27.0. The van der Waals surface area contributed by atoms with E-state index in [0.29, 0.717) is 46.4 Å². The number of hydrogen-bond acceptors (Lipinski definition) is 6. The molecule has 0 unspecified atom stereocenters. The molecular formula is C36H36F3N3O3S. The second-order valence-electron chi connectivity index (χ2n) is 11.7. The van der Waals surface area contributed by atoms with Crippen LogP contribution in [0.15, 0.2) is 81.5 Å². The molecule has 240 valence electrons. The molecule has 0 aliphatic carbocycles. The van der Waals surface area contributed by atoms with Crippen molar-refractivity contribution in [1.29, 1.82) is 5.41 Å². The molecule has 5 rings (SSSR count). The highest BCUT2D eigenvalue weighted by atomic mass is 32.2. The Morgan fingerprint density at radius 3 is 2.43 bits per heavy atom. The normalized spacial score (nSPS) is 13.2. The summed E-state index contributed by atoms with van der Waals surface area (Å²) in [5, 5.41) is 10.0. The molecule has 46 heavy (non-hydrogen) atoms. The summed E-state index contributed by atoms with van der Waals surface area (Å²) in [6.45, 7) is 9.19. The Morgan fingerprint density at radius 1 is 0.957 bits per heavy atom. The van der Waals surface area contributed by atoms with E-state index in [1.165, 1.54) is 17.8 Å². The fraction of sp³-hybridized carbons (Fsp3) is 0.306. The molecule has 0 atom stereocenters. The van der Waals surface area contributed by atoms with Gasteiger partial charge in [-0.3, -0.25) is 5.41 Å². The number of benzene rings is 4. The van der Waals surface area contributed by atoms with E-state index >= 15 is 0 Å². The molecule has 1 heterocycles. The van der Waals surface area contributed by atoms with Gasteiger partial charge >= 0.3 is 12.1 Å². The number of amidine groups is 2. The molecular weight excluding hydrogens is 611 g/mol. The first-order chi connectivity index (χ1) is 21.8. The number of aliphatic imine (C=N–C) groups is 1. The van der Waals surface area contributed by atoms with Gasteiger partial charge in [-0.05, 0) is 71.2 Å². The summed E-state index contributed by atoms with van der Waals surface area (Å²) in [4.78, 5) is 18.6. The summed E-state index contributed by atoms with van der Waals surface area (Å²) in [7, 11) is 0. The monoisotopic (exact) mass is 647 g/mol. The molecule has 1 aliphatic rings. The van der Waals surface area contributed by atoms with E-state index in [4.69, 9.17) is 20.6 Å². The number of halogens is 3. The third-order valence-electron chi connectivity index (χ3n) is 8.25. The Hall–Kier alpha value is -4.15. The number of carbonyl (C=O) groups is 1. The van der Waals surface area contributed by atoms with Crippen LogP contribution >= 0.6 is 11.8 Å². The van der Waals surface area contributed by atoms with Crippen LogP contribution in [0.1, 0.15) is 66.7 Å². The highest BCUT2D eigenvalue weighted by molar-refractivity contribution is 7.99. The second-order valence-corrected chi connectivity index (χ2v) is 12.9. The number of rotatable bonds is 11. The fourth-order valence-corrected chi connectivity index (χ4v) is 6.60. The highest BCUT2D eigenvalue weighted by Gasteiger charge is 2.33. The van der Waals surface area contributed by atoms with Crippen molar-refractivity contribution in [2.75, 3.05) is 19.8 Å². The zero-order valence-electron chi connectivity index (χ0n) is 26.2. The summed E-state index contributed by atoms with van der Waals surface area (Å²) >= 11 is 1.41. The van der Waals surface area contributed by atoms with Crippen LogP contribution in [-0.2, 0) is 21.3 Å². The lowest BCUT2D eigenvalue weighted by Gasteiger charge is -2.26. The number of esters is 1. The van der Waals surface area contributed by atoms with Crippen molar-refractivity contribution in [2.45, 2.75) is 61.9 Å². The zero-order chi connectivity index (χ0) is 33.2. The van der Waals surface area contributed by atoms with E-state index in [0.717, 1.165) is 27.2 Å². The number of nitrogens with one attached hydrogen (secondary N) is 1. The van der Waals surface area contributed by atoms with Crippen LogP contribution in [0.4, 0.5) is 13.2 Å². The van der Waals surface area contributed by atoms with E-state index in [9.17, 15) is 18.0 Å². The molecule has 3 N–H and O–H groups in total. The Kier molecular flexibility index (Phi) is 9.60. The van der Waals surface area contributed by atoms with Crippen LogP contribution in [0.3, 0.4) is 0 Å². The van der Waals surface area contributed by atoms with Crippen LogP contribution in [0.2, 0.25) is 0 Å². The molecule has 6 nitrogen and oxygen atoms in total. The topological polar surface area (TPSA) is 97.8 Å². The van der Waals surface area contributed by atoms with Gasteiger partial charge in [0, 0.05) is 38.5 Å². The number of alkyl halides is 3. The summed E-state index contributed by atoms with van der Waals surface area (Å²) in [5.41, 5.74) is 9.48. The number of ether oxygens (including phenoxy) is 2. The van der Waals surface area contributed by atoms with E-state index in [-0.39, 0.29) is 29.3 Å². The first kappa shape index (κ1) is 33.2. The van der Waals surface area contributed by atoms with Crippen LogP contribution in [0.5, 0.6) is 0 Å². The summed E-state index contributed by atoms with van der Waals surface area (Å²) in [6.07, 6.45) is -4.73. The maximum absolute atomic E-state index is 13.8. The predicted molar refractivity (Wildman–Crippen MR) is 177 cm³/mol. The molecule has 4 aromatic rings. The predicted octanol–water partition coefficient (Wildman–Crippen LogP) is 8.69. The van der Waals surface area contributed by atoms with Gasteiger partial charge in [0.15, 0.2) is 5.84 Å². The number of nitrogens with zero attached hydrogens (tertiary/aromatic N) is 1. The SMILES string of the molecule is CCOCCOC(=O)c1cccc(Sc2cc(C(C)(C)CC)cc3cc4c(c(-c5ccccc5CC(F)(F)F)c23)C(N)=NC4=N)c1. The van der Waals surface area contributed by atoms with Gasteiger partial charge in [-0.25, -0.2) is 9.79 Å². The molecule has 4 aromatic carbocycles. The summed E-state index contributed by atoms with van der Waals surface area (Å²) in [5.74, 6) is -0.423. The van der Waals surface area contributed by atoms with E-state index in [1.807, 2.05) is 25.1 Å². The van der Waals surface area contributed by atoms with Crippen molar-refractivity contribution in [3.8, 4) is 11.1 Å². The Bertz CT molecular complexity index is 1850. The van der Waals surface area contributed by atoms with Gasteiger partial charge in [0.2, 0.25) is 0 Å². The Balaban J connectivity index is 1.76. The van der Waals surface area contributed by atoms with Gasteiger partial charge in [0.25, 0.3) is 0 Å². The Morgan fingerprint density at radius 2 is 1.72 bits per heavy atom. The number of carbonyl (C=O) groups excluding carboxylic acids is 1. The molecule has 0 aromatic heterocycles. The molecule has 0 spiro atoms. The smallest absolute Gasteiger partial charge is 0.393 e. The van der Waals surface area contributed by atoms with Gasteiger partial charge in [0.1, 0.15) is 12.4 Å². The van der Waals surface area contributed by atoms with Crippen molar-refractivity contribution >= 4 is 40.2 Å². The van der Waals surface area contributed by atoms with Crippen LogP contribution in [0.25, 0.3) is 21.9 Å². The average Bonchev–Trinajstić information content (AvgIpc) is 3.30. The number of nitrogens with two attached hydrogens (primary N) is 1. The Labute approximate surface area is 270 Å². The largest absolute Gasteiger partial charge is 0.460 e. The molecule has 0 radical (unpaired) electrons. The van der Waals surface area contributed by atoms with Crippen LogP contribution in [0, 0.1) is 5.41 Å². The fourth-order valence-electron chi connectivity index (χ4n) is 5.51. The minimum absolute atomic E-state index is 0.0335. The molecule has 10 heteroatoms. The van der Waals surface area contributed by atoms with Gasteiger partial charge < -0.3 is 15.2 Å². The summed E-state index contributed by atoms with van der Waals surface area (Å²) in [6, 6.07) is 19.5. The van der Waals surface area contributed by atoms with Crippen molar-refractivity contribution in [3.63, 3.8) is 0 Å². The molecule has 0 amide bonds. The maximum Gasteiger partial charge on any atom is 0.393 e. The molecule has 1 aliphatic heterocycles. The lowest BCUT2D eigenvalue weighted by atomic mass is 9.80. The summed E-state index contributed by atoms with van der Waals surface area (Å²) < 4.78 is 52.2. The average molecular weight is 648 g/mol. The first-order valence-electron chi connectivity index (χ1n) is 15.1. The maximum atomic E-state index is 13.8. The first-order valence-corrected chi connectivity index (χ1v) is 15.9. The van der Waals surface area contributed by atoms with Crippen LogP contribution < -0.4 is 5.73 Å². The standard InChI is InChI=1S/C36H36F3N3O3S/c1-5-35(3,4)24-16-23-18-27-31(33(41)42-32(27)40)30(26-13-8-7-10-22(26)20-36(37,38)39)29(23)28(19-24)46-25-12-9-11-21(17-25)34(43)45-15-14-44-6-2/h7-13,16-19H,5-6,14-15,20H2,1-4H3,(H3,40,41,42). The van der Waals surface area contributed by atoms with Gasteiger partial charge in [-0.2, -0.15) is 13.2 Å². The molecule has 0 saturated carbocycles.